The maximum absolute atomic E-state index is 3.18. The predicted octanol–water partition coefficient (Wildman–Crippen LogP) is 3.20. The van der Waals surface area contributed by atoms with Crippen molar-refractivity contribution in [3.8, 4) is 0 Å². The van der Waals surface area contributed by atoms with Crippen LogP contribution < -0.4 is 0 Å². The van der Waals surface area contributed by atoms with Crippen LogP contribution in [0.25, 0.3) is 17.0 Å². The van der Waals surface area contributed by atoms with Crippen LogP contribution >= 0.6 is 0 Å². The van der Waals surface area contributed by atoms with E-state index in [-0.39, 0.29) is 0 Å². The van der Waals surface area contributed by atoms with Crippen LogP contribution in [0.2, 0.25) is 0 Å². The molecule has 0 aliphatic heterocycles. The van der Waals surface area contributed by atoms with Gasteiger partial charge in [-0.25, -0.2) is 0 Å². The molecular weight excluding hydrogens is 146 g/mol. The number of benzene rings is 1. The highest BCUT2D eigenvalue weighted by molar-refractivity contribution is 5.88. The summed E-state index contributed by atoms with van der Waals surface area (Å²) in [5, 5.41) is 1.29. The predicted molar refractivity (Wildman–Crippen MR) is 53.0 cm³/mol. The standard InChI is InChI=1S/C11H11N/c1-2-4-9-5-3-6-11-10(9)7-8-12-11/h2-8,12H,1H3. The van der Waals surface area contributed by atoms with Gasteiger partial charge in [-0.05, 0) is 24.6 Å². The maximum atomic E-state index is 3.18. The molecule has 12 heavy (non-hydrogen) atoms. The van der Waals surface area contributed by atoms with E-state index in [0.29, 0.717) is 0 Å². The number of fused-ring (bicyclic) bond motifs is 1. The number of hydrogen-bond donors (Lipinski definition) is 1. The van der Waals surface area contributed by atoms with Crippen molar-refractivity contribution in [3.05, 3.63) is 42.1 Å². The molecule has 0 saturated heterocycles. The summed E-state index contributed by atoms with van der Waals surface area (Å²) in [6, 6.07) is 8.37. The summed E-state index contributed by atoms with van der Waals surface area (Å²) >= 11 is 0. The Morgan fingerprint density at radius 1 is 1.25 bits per heavy atom. The van der Waals surface area contributed by atoms with Crippen LogP contribution in [0.4, 0.5) is 0 Å². The van der Waals surface area contributed by atoms with Crippen molar-refractivity contribution in [2.24, 2.45) is 0 Å². The van der Waals surface area contributed by atoms with E-state index in [4.69, 9.17) is 0 Å². The minimum Gasteiger partial charge on any atom is -0.361 e. The molecule has 0 aliphatic rings. The summed E-state index contributed by atoms with van der Waals surface area (Å²) in [4.78, 5) is 3.18. The Bertz CT molecular complexity index is 410. The number of rotatable bonds is 1. The second-order valence-electron chi connectivity index (χ2n) is 2.79. The summed E-state index contributed by atoms with van der Waals surface area (Å²) < 4.78 is 0. The fourth-order valence-electron chi connectivity index (χ4n) is 1.43. The second kappa shape index (κ2) is 2.86. The van der Waals surface area contributed by atoms with Gasteiger partial charge in [0.1, 0.15) is 0 Å². The van der Waals surface area contributed by atoms with Crippen LogP contribution in [-0.4, -0.2) is 4.98 Å². The Morgan fingerprint density at radius 3 is 3.00 bits per heavy atom. The Morgan fingerprint density at radius 2 is 2.17 bits per heavy atom. The Labute approximate surface area is 71.7 Å². The summed E-state index contributed by atoms with van der Waals surface area (Å²) in [5.74, 6) is 0. The van der Waals surface area contributed by atoms with E-state index < -0.39 is 0 Å². The molecule has 0 amide bonds. The summed E-state index contributed by atoms with van der Waals surface area (Å²) in [6.07, 6.45) is 6.15. The zero-order chi connectivity index (χ0) is 8.39. The van der Waals surface area contributed by atoms with E-state index in [1.165, 1.54) is 16.5 Å². The molecule has 1 aromatic carbocycles. The number of nitrogens with one attached hydrogen (secondary N) is 1. The lowest BCUT2D eigenvalue weighted by molar-refractivity contribution is 1.48. The third-order valence-corrected chi connectivity index (χ3v) is 1.97. The van der Waals surface area contributed by atoms with Gasteiger partial charge < -0.3 is 4.98 Å². The molecule has 0 spiro atoms. The van der Waals surface area contributed by atoms with Crippen molar-refractivity contribution in [1.82, 2.24) is 4.98 Å². The third kappa shape index (κ3) is 1.03. The Hall–Kier alpha value is -1.50. The fraction of sp³-hybridized carbons (Fsp3) is 0.0909. The first-order valence-corrected chi connectivity index (χ1v) is 4.10. The number of hydrogen-bond acceptors (Lipinski definition) is 0. The molecule has 0 bridgehead atoms. The Kier molecular flexibility index (Phi) is 1.71. The van der Waals surface area contributed by atoms with Gasteiger partial charge in [0, 0.05) is 17.1 Å². The van der Waals surface area contributed by atoms with Crippen molar-refractivity contribution in [3.63, 3.8) is 0 Å². The minimum absolute atomic E-state index is 1.20. The van der Waals surface area contributed by atoms with Crippen LogP contribution in [0.5, 0.6) is 0 Å². The lowest BCUT2D eigenvalue weighted by atomic mass is 10.1. The second-order valence-corrected chi connectivity index (χ2v) is 2.79. The van der Waals surface area contributed by atoms with Crippen LogP contribution in [-0.2, 0) is 0 Å². The zero-order valence-corrected chi connectivity index (χ0v) is 7.04. The molecule has 0 aliphatic carbocycles. The molecule has 1 heteroatoms. The molecule has 0 atom stereocenters. The van der Waals surface area contributed by atoms with Crippen molar-refractivity contribution in [2.75, 3.05) is 0 Å². The van der Waals surface area contributed by atoms with E-state index in [1.54, 1.807) is 0 Å². The Balaban J connectivity index is 2.73. The van der Waals surface area contributed by atoms with E-state index in [1.807, 2.05) is 13.1 Å². The highest BCUT2D eigenvalue weighted by atomic mass is 14.7. The first-order valence-electron chi connectivity index (χ1n) is 4.10. The third-order valence-electron chi connectivity index (χ3n) is 1.97. The van der Waals surface area contributed by atoms with Crippen molar-refractivity contribution in [1.29, 1.82) is 0 Å². The monoisotopic (exact) mass is 157 g/mol. The molecule has 0 fully saturated rings. The van der Waals surface area contributed by atoms with E-state index >= 15 is 0 Å². The molecule has 0 unspecified atom stereocenters. The number of aromatic amines is 1. The van der Waals surface area contributed by atoms with Gasteiger partial charge in [0.15, 0.2) is 0 Å². The molecule has 1 N–H and O–H groups in total. The summed E-state index contributed by atoms with van der Waals surface area (Å²) in [6.45, 7) is 2.03. The molecular formula is C11H11N. The van der Waals surface area contributed by atoms with Gasteiger partial charge in [-0.2, -0.15) is 0 Å². The van der Waals surface area contributed by atoms with E-state index in [2.05, 4.69) is 41.4 Å². The van der Waals surface area contributed by atoms with E-state index in [9.17, 15) is 0 Å². The van der Waals surface area contributed by atoms with Gasteiger partial charge in [-0.3, -0.25) is 0 Å². The lowest BCUT2D eigenvalue weighted by Crippen LogP contribution is -1.72. The quantitative estimate of drug-likeness (QED) is 0.654. The van der Waals surface area contributed by atoms with Gasteiger partial charge in [-0.15, -0.1) is 0 Å². The average Bonchev–Trinajstić information content (AvgIpc) is 2.53. The van der Waals surface area contributed by atoms with E-state index in [0.717, 1.165) is 0 Å². The fourth-order valence-corrected chi connectivity index (χ4v) is 1.43. The van der Waals surface area contributed by atoms with Crippen LogP contribution in [0.3, 0.4) is 0 Å². The van der Waals surface area contributed by atoms with Crippen molar-refractivity contribution < 1.29 is 0 Å². The number of aromatic nitrogens is 1. The molecule has 60 valence electrons. The van der Waals surface area contributed by atoms with Crippen molar-refractivity contribution >= 4 is 17.0 Å². The maximum Gasteiger partial charge on any atom is 0.0459 e. The summed E-state index contributed by atoms with van der Waals surface area (Å²) in [7, 11) is 0. The summed E-state index contributed by atoms with van der Waals surface area (Å²) in [5.41, 5.74) is 2.47. The molecule has 2 aromatic rings. The number of allylic oxidation sites excluding steroid dienone is 1. The largest absolute Gasteiger partial charge is 0.361 e. The molecule has 2 rings (SSSR count). The molecule has 0 radical (unpaired) electrons. The highest BCUT2D eigenvalue weighted by Gasteiger charge is 1.96. The smallest absolute Gasteiger partial charge is 0.0459 e. The van der Waals surface area contributed by atoms with Crippen LogP contribution in [0, 0.1) is 0 Å². The minimum atomic E-state index is 1.20. The zero-order valence-electron chi connectivity index (χ0n) is 7.04. The SMILES string of the molecule is CC=Cc1cccc2[nH]ccc12. The van der Waals surface area contributed by atoms with Gasteiger partial charge in [0.25, 0.3) is 0 Å². The first-order chi connectivity index (χ1) is 5.92. The van der Waals surface area contributed by atoms with Crippen LogP contribution in [0.15, 0.2) is 36.5 Å². The average molecular weight is 157 g/mol. The topological polar surface area (TPSA) is 15.8 Å². The number of H-pyrrole nitrogens is 1. The lowest BCUT2D eigenvalue weighted by Gasteiger charge is -1.94. The highest BCUT2D eigenvalue weighted by Crippen LogP contribution is 2.18. The first kappa shape index (κ1) is 7.17. The van der Waals surface area contributed by atoms with Crippen LogP contribution in [0.1, 0.15) is 12.5 Å². The van der Waals surface area contributed by atoms with Gasteiger partial charge >= 0.3 is 0 Å². The molecule has 0 saturated carbocycles. The van der Waals surface area contributed by atoms with Crippen molar-refractivity contribution in [2.45, 2.75) is 6.92 Å². The molecule has 1 nitrogen and oxygen atoms in total. The van der Waals surface area contributed by atoms with Gasteiger partial charge in [0.05, 0.1) is 0 Å². The van der Waals surface area contributed by atoms with Gasteiger partial charge in [0.2, 0.25) is 0 Å². The normalized spacial score (nSPS) is 11.4. The molecule has 1 aromatic heterocycles. The molecule has 1 heterocycles. The van der Waals surface area contributed by atoms with Gasteiger partial charge in [-0.1, -0.05) is 24.3 Å².